The lowest BCUT2D eigenvalue weighted by Crippen LogP contribution is -2.12. The molecule has 0 saturated carbocycles. The van der Waals surface area contributed by atoms with E-state index in [4.69, 9.17) is 5.26 Å². The van der Waals surface area contributed by atoms with Crippen molar-refractivity contribution in [2.45, 2.75) is 13.8 Å². The summed E-state index contributed by atoms with van der Waals surface area (Å²) in [5, 5.41) is 12.0. The number of nitriles is 1. The third-order valence-electron chi connectivity index (χ3n) is 3.04. The maximum atomic E-state index is 8.86. The normalized spacial score (nSPS) is 9.95. The van der Waals surface area contributed by atoms with Crippen LogP contribution in [0.1, 0.15) is 16.8 Å². The third kappa shape index (κ3) is 2.86. The molecule has 0 spiro atoms. The molecule has 5 nitrogen and oxygen atoms in total. The fourth-order valence-corrected chi connectivity index (χ4v) is 1.95. The lowest BCUT2D eigenvalue weighted by Gasteiger charge is -2.15. The van der Waals surface area contributed by atoms with Crippen LogP contribution in [0.4, 0.5) is 17.3 Å². The smallest absolute Gasteiger partial charge is 0.227 e. The fourth-order valence-electron chi connectivity index (χ4n) is 1.95. The fraction of sp³-hybridized carbons (Fsp3) is 0.267. The Morgan fingerprint density at radius 2 is 2.00 bits per heavy atom. The Morgan fingerprint density at radius 3 is 2.55 bits per heavy atom. The molecule has 5 heteroatoms. The molecule has 1 aromatic heterocycles. The Kier molecular flexibility index (Phi) is 3.85. The van der Waals surface area contributed by atoms with Crippen LogP contribution in [0.15, 0.2) is 24.4 Å². The number of nitrogens with one attached hydrogen (secondary N) is 1. The average molecular weight is 267 g/mol. The van der Waals surface area contributed by atoms with Gasteiger partial charge in [0.2, 0.25) is 5.95 Å². The van der Waals surface area contributed by atoms with E-state index in [2.05, 4.69) is 21.4 Å². The van der Waals surface area contributed by atoms with Gasteiger partial charge in [0.05, 0.1) is 29.2 Å². The zero-order valence-electron chi connectivity index (χ0n) is 12.1. The molecule has 0 aliphatic heterocycles. The summed E-state index contributed by atoms with van der Waals surface area (Å²) in [6.45, 7) is 3.90. The number of aromatic nitrogens is 2. The van der Waals surface area contributed by atoms with Crippen molar-refractivity contribution in [3.63, 3.8) is 0 Å². The van der Waals surface area contributed by atoms with E-state index in [1.54, 1.807) is 12.3 Å². The lowest BCUT2D eigenvalue weighted by molar-refractivity contribution is 1.03. The largest absolute Gasteiger partial charge is 0.375 e. The van der Waals surface area contributed by atoms with Crippen molar-refractivity contribution in [2.75, 3.05) is 24.3 Å². The summed E-state index contributed by atoms with van der Waals surface area (Å²) in [6.07, 6.45) is 1.80. The first-order chi connectivity index (χ1) is 9.51. The van der Waals surface area contributed by atoms with Gasteiger partial charge in [-0.15, -0.1) is 0 Å². The van der Waals surface area contributed by atoms with Crippen molar-refractivity contribution in [3.05, 3.63) is 41.2 Å². The molecule has 0 bridgehead atoms. The summed E-state index contributed by atoms with van der Waals surface area (Å²) in [5.41, 5.74) is 4.45. The topological polar surface area (TPSA) is 64.8 Å². The van der Waals surface area contributed by atoms with Crippen molar-refractivity contribution in [1.82, 2.24) is 9.97 Å². The summed E-state index contributed by atoms with van der Waals surface area (Å²) in [6, 6.07) is 7.60. The molecule has 0 radical (unpaired) electrons. The van der Waals surface area contributed by atoms with Crippen molar-refractivity contribution >= 4 is 17.3 Å². The second kappa shape index (κ2) is 5.57. The maximum Gasteiger partial charge on any atom is 0.227 e. The van der Waals surface area contributed by atoms with Crippen molar-refractivity contribution in [3.8, 4) is 6.07 Å². The highest BCUT2D eigenvalue weighted by atomic mass is 15.1. The highest BCUT2D eigenvalue weighted by molar-refractivity contribution is 5.61. The molecular formula is C15H17N5. The molecule has 0 amide bonds. The monoisotopic (exact) mass is 267 g/mol. The molecule has 0 unspecified atom stereocenters. The summed E-state index contributed by atoms with van der Waals surface area (Å²) in [7, 11) is 3.92. The van der Waals surface area contributed by atoms with Gasteiger partial charge >= 0.3 is 0 Å². The number of aryl methyl sites for hydroxylation is 2. The van der Waals surface area contributed by atoms with Crippen LogP contribution in [0.5, 0.6) is 0 Å². The summed E-state index contributed by atoms with van der Waals surface area (Å²) < 4.78 is 0. The van der Waals surface area contributed by atoms with E-state index in [0.717, 1.165) is 22.6 Å². The lowest BCUT2D eigenvalue weighted by atomic mass is 10.1. The van der Waals surface area contributed by atoms with Crippen LogP contribution in [-0.4, -0.2) is 24.1 Å². The van der Waals surface area contributed by atoms with Gasteiger partial charge in [-0.05, 0) is 37.6 Å². The van der Waals surface area contributed by atoms with Gasteiger partial charge in [-0.2, -0.15) is 5.26 Å². The van der Waals surface area contributed by atoms with Gasteiger partial charge in [0, 0.05) is 19.8 Å². The minimum absolute atomic E-state index is 0.556. The number of hydrogen-bond donors (Lipinski definition) is 1. The van der Waals surface area contributed by atoms with Gasteiger partial charge in [-0.25, -0.2) is 9.97 Å². The predicted molar refractivity (Wildman–Crippen MR) is 80.3 cm³/mol. The van der Waals surface area contributed by atoms with Crippen LogP contribution in [0.3, 0.4) is 0 Å². The van der Waals surface area contributed by atoms with Gasteiger partial charge in [0.25, 0.3) is 0 Å². The van der Waals surface area contributed by atoms with Crippen LogP contribution < -0.4 is 10.2 Å². The predicted octanol–water partition coefficient (Wildman–Crippen LogP) is 2.77. The molecule has 0 fully saturated rings. The van der Waals surface area contributed by atoms with E-state index >= 15 is 0 Å². The van der Waals surface area contributed by atoms with Gasteiger partial charge in [-0.3, -0.25) is 0 Å². The molecule has 0 atom stereocenters. The molecule has 1 heterocycles. The van der Waals surface area contributed by atoms with Crippen LogP contribution in [-0.2, 0) is 0 Å². The van der Waals surface area contributed by atoms with E-state index in [0.29, 0.717) is 11.5 Å². The Hall–Kier alpha value is -2.61. The number of anilines is 3. The van der Waals surface area contributed by atoms with E-state index < -0.39 is 0 Å². The van der Waals surface area contributed by atoms with Crippen molar-refractivity contribution in [1.29, 1.82) is 5.26 Å². The van der Waals surface area contributed by atoms with Crippen LogP contribution in [0, 0.1) is 25.2 Å². The van der Waals surface area contributed by atoms with Gasteiger partial charge < -0.3 is 10.2 Å². The Morgan fingerprint density at radius 1 is 1.25 bits per heavy atom. The molecule has 2 rings (SSSR count). The third-order valence-corrected chi connectivity index (χ3v) is 3.04. The van der Waals surface area contributed by atoms with E-state index in [-0.39, 0.29) is 0 Å². The second-order valence-electron chi connectivity index (χ2n) is 4.83. The summed E-state index contributed by atoms with van der Waals surface area (Å²) in [5.74, 6) is 0.556. The van der Waals surface area contributed by atoms with E-state index in [1.807, 2.05) is 45.0 Å². The molecule has 20 heavy (non-hydrogen) atoms. The van der Waals surface area contributed by atoms with Crippen LogP contribution in [0.25, 0.3) is 0 Å². The minimum Gasteiger partial charge on any atom is -0.375 e. The average Bonchev–Trinajstić information content (AvgIpc) is 2.40. The Balaban J connectivity index is 2.27. The first kappa shape index (κ1) is 13.8. The zero-order valence-corrected chi connectivity index (χ0v) is 12.1. The summed E-state index contributed by atoms with van der Waals surface area (Å²) in [4.78, 5) is 10.7. The number of nitrogens with zero attached hydrogens (tertiary/aromatic N) is 4. The second-order valence-corrected chi connectivity index (χ2v) is 4.83. The molecule has 1 aromatic carbocycles. The number of hydrogen-bond acceptors (Lipinski definition) is 5. The molecule has 0 saturated heterocycles. The maximum absolute atomic E-state index is 8.86. The van der Waals surface area contributed by atoms with Gasteiger partial charge in [0.1, 0.15) is 0 Å². The highest BCUT2D eigenvalue weighted by Crippen LogP contribution is 2.21. The highest BCUT2D eigenvalue weighted by Gasteiger charge is 2.06. The Bertz CT molecular complexity index is 670. The quantitative estimate of drug-likeness (QED) is 0.926. The molecule has 2 aromatic rings. The first-order valence-electron chi connectivity index (χ1n) is 6.30. The Labute approximate surface area is 118 Å². The zero-order chi connectivity index (χ0) is 14.7. The van der Waals surface area contributed by atoms with Gasteiger partial charge in [-0.1, -0.05) is 0 Å². The van der Waals surface area contributed by atoms with Crippen LogP contribution >= 0.6 is 0 Å². The number of rotatable bonds is 3. The van der Waals surface area contributed by atoms with E-state index in [1.165, 1.54) is 0 Å². The van der Waals surface area contributed by atoms with Crippen molar-refractivity contribution < 1.29 is 0 Å². The standard InChI is InChI=1S/C15H17N5/c1-10-7-12(8-16)5-6-13(10)19-15-17-9-14(20(3)4)11(2)18-15/h5-7,9H,1-4H3,(H,17,18,19). The SMILES string of the molecule is Cc1cc(C#N)ccc1Nc1ncc(N(C)C)c(C)n1. The van der Waals surface area contributed by atoms with E-state index in [9.17, 15) is 0 Å². The van der Waals surface area contributed by atoms with Gasteiger partial charge in [0.15, 0.2) is 0 Å². The molecule has 102 valence electrons. The molecule has 1 N–H and O–H groups in total. The van der Waals surface area contributed by atoms with Crippen LogP contribution in [0.2, 0.25) is 0 Å². The molecule has 0 aliphatic rings. The molecular weight excluding hydrogens is 250 g/mol. The first-order valence-corrected chi connectivity index (χ1v) is 6.30. The molecule has 0 aliphatic carbocycles. The number of benzene rings is 1. The summed E-state index contributed by atoms with van der Waals surface area (Å²) >= 11 is 0. The minimum atomic E-state index is 0.556. The van der Waals surface area contributed by atoms with Crippen molar-refractivity contribution in [2.24, 2.45) is 0 Å².